The van der Waals surface area contributed by atoms with E-state index in [1.54, 1.807) is 42.1 Å². The Hall–Kier alpha value is -3.58. The van der Waals surface area contributed by atoms with E-state index in [-0.39, 0.29) is 22.5 Å². The predicted molar refractivity (Wildman–Crippen MR) is 121 cm³/mol. The highest BCUT2D eigenvalue weighted by molar-refractivity contribution is 6.30. The largest absolute Gasteiger partial charge is 0.352 e. The van der Waals surface area contributed by atoms with Crippen LogP contribution in [-0.4, -0.2) is 26.6 Å². The molecule has 4 rings (SSSR count). The predicted octanol–water partition coefficient (Wildman–Crippen LogP) is 3.03. The lowest BCUT2D eigenvalue weighted by Crippen LogP contribution is -2.34. The van der Waals surface area contributed by atoms with Crippen LogP contribution in [0, 0.1) is 0 Å². The summed E-state index contributed by atoms with van der Waals surface area (Å²) >= 11 is 5.90. The van der Waals surface area contributed by atoms with E-state index in [0.717, 1.165) is 17.4 Å². The van der Waals surface area contributed by atoms with E-state index < -0.39 is 11.2 Å². The molecule has 0 spiro atoms. The van der Waals surface area contributed by atoms with E-state index in [9.17, 15) is 14.4 Å². The molecule has 0 bridgehead atoms. The average molecular weight is 437 g/mol. The Bertz CT molecular complexity index is 1350. The van der Waals surface area contributed by atoms with Gasteiger partial charge in [-0.2, -0.15) is 0 Å². The zero-order valence-electron chi connectivity index (χ0n) is 16.9. The van der Waals surface area contributed by atoms with Crippen LogP contribution < -0.4 is 16.6 Å². The number of rotatable bonds is 6. The molecule has 0 fully saturated rings. The normalized spacial score (nSPS) is 11.0. The highest BCUT2D eigenvalue weighted by Gasteiger charge is 2.20. The first-order valence-electron chi connectivity index (χ1n) is 9.88. The van der Waals surface area contributed by atoms with Gasteiger partial charge in [0.15, 0.2) is 0 Å². The Morgan fingerprint density at radius 2 is 1.77 bits per heavy atom. The van der Waals surface area contributed by atoms with Crippen molar-refractivity contribution in [2.24, 2.45) is 7.05 Å². The molecule has 2 N–H and O–H groups in total. The second kappa shape index (κ2) is 8.65. The van der Waals surface area contributed by atoms with Crippen LogP contribution in [0.2, 0.25) is 5.02 Å². The van der Waals surface area contributed by atoms with Gasteiger partial charge < -0.3 is 14.9 Å². The highest BCUT2D eigenvalue weighted by Crippen LogP contribution is 2.16. The van der Waals surface area contributed by atoms with Crippen molar-refractivity contribution in [3.63, 3.8) is 0 Å². The Morgan fingerprint density at radius 1 is 1.06 bits per heavy atom. The number of amides is 1. The van der Waals surface area contributed by atoms with Crippen LogP contribution >= 0.6 is 11.6 Å². The second-order valence-electron chi connectivity index (χ2n) is 7.27. The minimum atomic E-state index is -0.621. The molecule has 0 saturated heterocycles. The molecule has 158 valence electrons. The maximum Gasteiger partial charge on any atom is 0.333 e. The standard InChI is InChI=1S/C23H21ClN4O3/c1-27-14-18(21(29)25-13-5-8-15-6-3-2-4-7-15)19-20(27)22(30)28(23(31)26-19)17-11-9-16(24)10-12-17/h2-4,6-7,9-12,14H,5,8,13H2,1H3,(H,25,29)(H,26,31). The topological polar surface area (TPSA) is 88.9 Å². The summed E-state index contributed by atoms with van der Waals surface area (Å²) in [6.45, 7) is 0.482. The number of carbonyl (C=O) groups is 1. The summed E-state index contributed by atoms with van der Waals surface area (Å²) in [7, 11) is 1.67. The quantitative estimate of drug-likeness (QED) is 0.455. The number of nitrogens with zero attached hydrogens (tertiary/aromatic N) is 2. The lowest BCUT2D eigenvalue weighted by atomic mass is 10.1. The number of halogens is 1. The summed E-state index contributed by atoms with van der Waals surface area (Å²) in [4.78, 5) is 41.2. The van der Waals surface area contributed by atoms with Gasteiger partial charge in [-0.25, -0.2) is 9.36 Å². The lowest BCUT2D eigenvalue weighted by Gasteiger charge is -2.07. The Kier molecular flexibility index (Phi) is 5.77. The fourth-order valence-electron chi connectivity index (χ4n) is 3.60. The second-order valence-corrected chi connectivity index (χ2v) is 7.71. The summed E-state index contributed by atoms with van der Waals surface area (Å²) in [6, 6.07) is 16.4. The van der Waals surface area contributed by atoms with Crippen LogP contribution in [0.25, 0.3) is 16.7 Å². The van der Waals surface area contributed by atoms with Crippen molar-refractivity contribution in [3.05, 3.63) is 97.8 Å². The summed E-state index contributed by atoms with van der Waals surface area (Å²) in [5.41, 5.74) is 1.19. The van der Waals surface area contributed by atoms with Gasteiger partial charge >= 0.3 is 5.69 Å². The molecule has 0 unspecified atom stereocenters. The van der Waals surface area contributed by atoms with Crippen molar-refractivity contribution >= 4 is 28.5 Å². The van der Waals surface area contributed by atoms with Crippen LogP contribution in [0.5, 0.6) is 0 Å². The molecule has 31 heavy (non-hydrogen) atoms. The number of aryl methyl sites for hydroxylation is 2. The molecule has 0 saturated carbocycles. The fourth-order valence-corrected chi connectivity index (χ4v) is 3.73. The molecule has 0 aliphatic heterocycles. The Labute approximate surface area is 182 Å². The first kappa shape index (κ1) is 20.7. The SMILES string of the molecule is Cn1cc(C(=O)NCCCc2ccccc2)c2[nH]c(=O)n(-c3ccc(Cl)cc3)c(=O)c21. The molecule has 0 radical (unpaired) electrons. The van der Waals surface area contributed by atoms with Gasteiger partial charge in [0.25, 0.3) is 11.5 Å². The Balaban J connectivity index is 1.59. The van der Waals surface area contributed by atoms with Crippen LogP contribution in [0.15, 0.2) is 70.4 Å². The number of nitrogens with one attached hydrogen (secondary N) is 2. The number of aromatic amines is 1. The van der Waals surface area contributed by atoms with Gasteiger partial charge in [0.1, 0.15) is 5.52 Å². The average Bonchev–Trinajstić information content (AvgIpc) is 3.09. The molecule has 0 aliphatic carbocycles. The molecule has 2 aromatic carbocycles. The first-order valence-corrected chi connectivity index (χ1v) is 10.3. The molecule has 7 nitrogen and oxygen atoms in total. The van der Waals surface area contributed by atoms with E-state index in [1.807, 2.05) is 30.3 Å². The molecule has 0 aliphatic rings. The number of carbonyl (C=O) groups excluding carboxylic acids is 1. The minimum absolute atomic E-state index is 0.225. The Morgan fingerprint density at radius 3 is 2.48 bits per heavy atom. The third kappa shape index (κ3) is 4.18. The number of fused-ring (bicyclic) bond motifs is 1. The van der Waals surface area contributed by atoms with Crippen LogP contribution in [0.1, 0.15) is 22.3 Å². The fraction of sp³-hybridized carbons (Fsp3) is 0.174. The van der Waals surface area contributed by atoms with Crippen LogP contribution in [0.4, 0.5) is 0 Å². The zero-order valence-corrected chi connectivity index (χ0v) is 17.6. The number of hydrogen-bond acceptors (Lipinski definition) is 3. The molecule has 0 atom stereocenters. The number of benzene rings is 2. The lowest BCUT2D eigenvalue weighted by molar-refractivity contribution is 0.0954. The molecule has 2 heterocycles. The first-order chi connectivity index (χ1) is 15.0. The van der Waals surface area contributed by atoms with Gasteiger partial charge in [-0.15, -0.1) is 0 Å². The summed E-state index contributed by atoms with van der Waals surface area (Å²) in [5, 5.41) is 3.37. The summed E-state index contributed by atoms with van der Waals surface area (Å²) < 4.78 is 2.58. The van der Waals surface area contributed by atoms with E-state index in [4.69, 9.17) is 11.6 Å². The van der Waals surface area contributed by atoms with Gasteiger partial charge in [0, 0.05) is 24.8 Å². The molecule has 2 aromatic heterocycles. The van der Waals surface area contributed by atoms with Crippen molar-refractivity contribution in [2.75, 3.05) is 6.54 Å². The summed E-state index contributed by atoms with van der Waals surface area (Å²) in [6.07, 6.45) is 3.18. The van der Waals surface area contributed by atoms with Gasteiger partial charge in [0.05, 0.1) is 16.8 Å². The van der Waals surface area contributed by atoms with Crippen molar-refractivity contribution < 1.29 is 4.79 Å². The van der Waals surface area contributed by atoms with Crippen LogP contribution in [0.3, 0.4) is 0 Å². The van der Waals surface area contributed by atoms with Crippen molar-refractivity contribution in [3.8, 4) is 5.69 Å². The van der Waals surface area contributed by atoms with E-state index in [2.05, 4.69) is 10.3 Å². The number of H-pyrrole nitrogens is 1. The number of aromatic nitrogens is 3. The van der Waals surface area contributed by atoms with Gasteiger partial charge in [-0.3, -0.25) is 9.59 Å². The van der Waals surface area contributed by atoms with Gasteiger partial charge in [-0.1, -0.05) is 41.9 Å². The molecular weight excluding hydrogens is 416 g/mol. The van der Waals surface area contributed by atoms with Crippen LogP contribution in [-0.2, 0) is 13.5 Å². The molecule has 1 amide bonds. The van der Waals surface area contributed by atoms with E-state index in [1.165, 1.54) is 5.56 Å². The molecular formula is C23H21ClN4O3. The maximum absolute atomic E-state index is 13.1. The molecule has 8 heteroatoms. The number of hydrogen-bond donors (Lipinski definition) is 2. The minimum Gasteiger partial charge on any atom is -0.352 e. The van der Waals surface area contributed by atoms with Crippen molar-refractivity contribution in [1.29, 1.82) is 0 Å². The van der Waals surface area contributed by atoms with Crippen molar-refractivity contribution in [1.82, 2.24) is 19.4 Å². The smallest absolute Gasteiger partial charge is 0.333 e. The monoisotopic (exact) mass is 436 g/mol. The van der Waals surface area contributed by atoms with Crippen molar-refractivity contribution in [2.45, 2.75) is 12.8 Å². The van der Waals surface area contributed by atoms with Gasteiger partial charge in [0.2, 0.25) is 0 Å². The highest BCUT2D eigenvalue weighted by atomic mass is 35.5. The van der Waals surface area contributed by atoms with E-state index in [0.29, 0.717) is 17.3 Å². The summed E-state index contributed by atoms with van der Waals surface area (Å²) in [5.74, 6) is -0.335. The van der Waals surface area contributed by atoms with E-state index >= 15 is 0 Å². The molecule has 4 aromatic rings. The maximum atomic E-state index is 13.1. The van der Waals surface area contributed by atoms with Gasteiger partial charge in [-0.05, 0) is 42.7 Å². The third-order valence-corrected chi connectivity index (χ3v) is 5.37. The zero-order chi connectivity index (χ0) is 22.0. The third-order valence-electron chi connectivity index (χ3n) is 5.12.